The molecule has 0 unspecified atom stereocenters. The first-order chi connectivity index (χ1) is 20.1. The summed E-state index contributed by atoms with van der Waals surface area (Å²) >= 11 is 6.66. The summed E-state index contributed by atoms with van der Waals surface area (Å²) in [5.41, 5.74) is 14.0. The number of benzene rings is 2. The maximum absolute atomic E-state index is 6.66. The van der Waals surface area contributed by atoms with E-state index in [9.17, 15) is 0 Å². The van der Waals surface area contributed by atoms with Gasteiger partial charge in [-0.1, -0.05) is 66.2 Å². The number of nitrogen functional groups attached to an aromatic ring is 1. The summed E-state index contributed by atoms with van der Waals surface area (Å²) in [6.07, 6.45) is 5.21. The van der Waals surface area contributed by atoms with Gasteiger partial charge in [-0.2, -0.15) is 15.4 Å². The van der Waals surface area contributed by atoms with Gasteiger partial charge in [-0.3, -0.25) is 4.90 Å². The van der Waals surface area contributed by atoms with Crippen LogP contribution >= 0.6 is 11.6 Å². The fourth-order valence-corrected chi connectivity index (χ4v) is 5.73. The topological polar surface area (TPSA) is 138 Å². The third-order valence-corrected chi connectivity index (χ3v) is 7.96. The summed E-state index contributed by atoms with van der Waals surface area (Å²) in [4.78, 5) is 23.8. The Hall–Kier alpha value is -4.67. The molecule has 4 N–H and O–H groups in total. The number of aromatic amines is 2. The summed E-state index contributed by atoms with van der Waals surface area (Å²) in [6.45, 7) is 2.81. The average molecular weight is 563 g/mol. The second kappa shape index (κ2) is 10.7. The van der Waals surface area contributed by atoms with Crippen LogP contribution in [0.15, 0.2) is 73.2 Å². The lowest BCUT2D eigenvalue weighted by atomic mass is 9.95. The number of H-pyrrole nitrogens is 2. The van der Waals surface area contributed by atoms with Crippen molar-refractivity contribution in [1.29, 1.82) is 0 Å². The van der Waals surface area contributed by atoms with E-state index in [2.05, 4.69) is 76.6 Å². The molecule has 1 saturated heterocycles. The lowest BCUT2D eigenvalue weighted by molar-refractivity contribution is 0.202. The molecule has 1 aliphatic heterocycles. The fourth-order valence-electron chi connectivity index (χ4n) is 5.49. The molecule has 6 aromatic rings. The largest absolute Gasteiger partial charge is 0.382 e. The number of rotatable bonds is 6. The van der Waals surface area contributed by atoms with Crippen molar-refractivity contribution in [2.24, 2.45) is 0 Å². The van der Waals surface area contributed by atoms with Crippen LogP contribution in [0.3, 0.4) is 0 Å². The summed E-state index contributed by atoms with van der Waals surface area (Å²) in [7, 11) is 0. The molecule has 1 aliphatic rings. The van der Waals surface area contributed by atoms with Gasteiger partial charge in [0.1, 0.15) is 22.2 Å². The quantitative estimate of drug-likeness (QED) is 0.227. The number of anilines is 1. The standard InChI is InChI=1S/C30H27ClN10/c31-27-23(24-15-35-40-39-24)14-22(19-4-2-1-3-5-19)25(36-27)20-8-6-18(7-9-20)16-41-12-10-21(11-13-41)29-37-28(32)26-30(38-29)34-17-33-26/h1-9,14-15,17,21H,10-13,16H2,(H,35,39,40)(H3,32,33,34,37,38). The minimum absolute atomic E-state index is 0.282. The Morgan fingerprint density at radius 2 is 1.73 bits per heavy atom. The van der Waals surface area contributed by atoms with Gasteiger partial charge >= 0.3 is 0 Å². The van der Waals surface area contributed by atoms with Crippen LogP contribution in [0, 0.1) is 0 Å². The Bertz CT molecular complexity index is 1790. The predicted molar refractivity (Wildman–Crippen MR) is 159 cm³/mol. The Morgan fingerprint density at radius 3 is 2.49 bits per heavy atom. The molecule has 0 spiro atoms. The smallest absolute Gasteiger partial charge is 0.183 e. The van der Waals surface area contributed by atoms with Crippen LogP contribution in [0.4, 0.5) is 5.82 Å². The fraction of sp³-hybridized carbons (Fsp3) is 0.200. The number of nitrogens with zero attached hydrogens (tertiary/aromatic N) is 7. The average Bonchev–Trinajstić information content (AvgIpc) is 3.72. The molecule has 204 valence electrons. The van der Waals surface area contributed by atoms with Crippen LogP contribution in [0.2, 0.25) is 5.15 Å². The van der Waals surface area contributed by atoms with Crippen molar-refractivity contribution in [2.75, 3.05) is 18.8 Å². The molecule has 10 nitrogen and oxygen atoms in total. The van der Waals surface area contributed by atoms with Crippen LogP contribution in [-0.4, -0.2) is 58.3 Å². The zero-order chi connectivity index (χ0) is 27.8. The highest BCUT2D eigenvalue weighted by Gasteiger charge is 2.24. The molecular weight excluding hydrogens is 536 g/mol. The van der Waals surface area contributed by atoms with Crippen molar-refractivity contribution in [2.45, 2.75) is 25.3 Å². The van der Waals surface area contributed by atoms with Gasteiger partial charge in [0.2, 0.25) is 0 Å². The third-order valence-electron chi connectivity index (χ3n) is 7.67. The number of imidazole rings is 1. The number of aromatic nitrogens is 8. The van der Waals surface area contributed by atoms with E-state index in [1.807, 2.05) is 24.3 Å². The first kappa shape index (κ1) is 25.3. The number of halogens is 1. The zero-order valence-electron chi connectivity index (χ0n) is 22.1. The van der Waals surface area contributed by atoms with Crippen molar-refractivity contribution in [3.05, 3.63) is 89.7 Å². The Labute approximate surface area is 241 Å². The Morgan fingerprint density at radius 1 is 0.927 bits per heavy atom. The molecule has 1 fully saturated rings. The van der Waals surface area contributed by atoms with E-state index in [1.165, 1.54) is 5.56 Å². The number of fused-ring (bicyclic) bond motifs is 1. The van der Waals surface area contributed by atoms with Crippen molar-refractivity contribution >= 4 is 28.6 Å². The Balaban J connectivity index is 1.08. The summed E-state index contributed by atoms with van der Waals surface area (Å²) in [6, 6.07) is 20.8. The molecule has 0 amide bonds. The highest BCUT2D eigenvalue weighted by molar-refractivity contribution is 6.32. The summed E-state index contributed by atoms with van der Waals surface area (Å²) < 4.78 is 0. The lowest BCUT2D eigenvalue weighted by Gasteiger charge is -2.31. The maximum atomic E-state index is 6.66. The minimum Gasteiger partial charge on any atom is -0.382 e. The van der Waals surface area contributed by atoms with E-state index < -0.39 is 0 Å². The Kier molecular flexibility index (Phi) is 6.62. The highest BCUT2D eigenvalue weighted by atomic mass is 35.5. The van der Waals surface area contributed by atoms with Crippen LogP contribution in [-0.2, 0) is 6.54 Å². The number of hydrogen-bond acceptors (Lipinski definition) is 8. The van der Waals surface area contributed by atoms with Gasteiger partial charge in [0.05, 0.1) is 18.2 Å². The minimum atomic E-state index is 0.282. The first-order valence-electron chi connectivity index (χ1n) is 13.5. The van der Waals surface area contributed by atoms with Gasteiger partial charge < -0.3 is 10.7 Å². The van der Waals surface area contributed by atoms with E-state index >= 15 is 0 Å². The van der Waals surface area contributed by atoms with Crippen molar-refractivity contribution in [1.82, 2.24) is 45.2 Å². The normalized spacial score (nSPS) is 14.6. The number of pyridine rings is 1. The molecule has 0 saturated carbocycles. The molecule has 0 aliphatic carbocycles. The first-order valence-corrected chi connectivity index (χ1v) is 13.9. The molecule has 4 aromatic heterocycles. The number of likely N-dealkylation sites (tertiary alicyclic amines) is 1. The van der Waals surface area contributed by atoms with Crippen LogP contribution in [0.5, 0.6) is 0 Å². The molecule has 0 atom stereocenters. The van der Waals surface area contributed by atoms with Gasteiger partial charge in [0, 0.05) is 29.2 Å². The number of hydrogen-bond donors (Lipinski definition) is 3. The van der Waals surface area contributed by atoms with Crippen LogP contribution < -0.4 is 5.73 Å². The van der Waals surface area contributed by atoms with Gasteiger partial charge in [-0.15, -0.1) is 0 Å². The van der Waals surface area contributed by atoms with Crippen LogP contribution in [0.25, 0.3) is 44.8 Å². The van der Waals surface area contributed by atoms with E-state index in [1.54, 1.807) is 12.5 Å². The molecule has 7 rings (SSSR count). The molecule has 2 aromatic carbocycles. The third kappa shape index (κ3) is 5.03. The monoisotopic (exact) mass is 562 g/mol. The molecule has 0 bridgehead atoms. The summed E-state index contributed by atoms with van der Waals surface area (Å²) in [5, 5.41) is 11.2. The molecule has 41 heavy (non-hydrogen) atoms. The van der Waals surface area contributed by atoms with Crippen molar-refractivity contribution in [3.8, 4) is 33.6 Å². The van der Waals surface area contributed by atoms with E-state index in [0.717, 1.165) is 66.2 Å². The van der Waals surface area contributed by atoms with E-state index in [0.29, 0.717) is 27.8 Å². The van der Waals surface area contributed by atoms with Gasteiger partial charge in [0.15, 0.2) is 11.5 Å². The van der Waals surface area contributed by atoms with Gasteiger partial charge in [-0.25, -0.2) is 19.9 Å². The summed E-state index contributed by atoms with van der Waals surface area (Å²) in [5.74, 6) is 1.54. The maximum Gasteiger partial charge on any atom is 0.183 e. The van der Waals surface area contributed by atoms with Crippen LogP contribution in [0.1, 0.15) is 30.1 Å². The molecule has 0 radical (unpaired) electrons. The van der Waals surface area contributed by atoms with Crippen molar-refractivity contribution < 1.29 is 0 Å². The second-order valence-corrected chi connectivity index (χ2v) is 10.6. The number of piperidine rings is 1. The van der Waals surface area contributed by atoms with E-state index in [4.69, 9.17) is 22.3 Å². The molecular formula is C30H27ClN10. The highest BCUT2D eigenvalue weighted by Crippen LogP contribution is 2.37. The predicted octanol–water partition coefficient (Wildman–Crippen LogP) is 5.48. The SMILES string of the molecule is Nc1nc(C2CCN(Cc3ccc(-c4nc(Cl)c(-c5cn[nH]n5)cc4-c4ccccc4)cc3)CC2)nc2nc[nH]c12. The van der Waals surface area contributed by atoms with Gasteiger partial charge in [-0.05, 0) is 43.1 Å². The van der Waals surface area contributed by atoms with E-state index in [-0.39, 0.29) is 5.92 Å². The number of nitrogens with one attached hydrogen (secondary N) is 2. The van der Waals surface area contributed by atoms with Crippen molar-refractivity contribution in [3.63, 3.8) is 0 Å². The van der Waals surface area contributed by atoms with Gasteiger partial charge in [0.25, 0.3) is 0 Å². The second-order valence-electron chi connectivity index (χ2n) is 10.3. The number of nitrogens with two attached hydrogens (primary N) is 1. The molecule has 11 heteroatoms. The molecule has 5 heterocycles. The lowest BCUT2D eigenvalue weighted by Crippen LogP contribution is -2.33. The zero-order valence-corrected chi connectivity index (χ0v) is 22.9.